The zero-order valence-corrected chi connectivity index (χ0v) is 23.4. The maximum atomic E-state index is 13.4. The number of aliphatic hydroxyl groups is 2. The summed E-state index contributed by atoms with van der Waals surface area (Å²) in [6.45, 7) is 10.1. The summed E-state index contributed by atoms with van der Waals surface area (Å²) >= 11 is 1.17. The third-order valence-corrected chi connectivity index (χ3v) is 8.17. The molecular formula is C21H35N6O7PS. The van der Waals surface area contributed by atoms with Gasteiger partial charge >= 0.3 is 7.82 Å². The Hall–Kier alpha value is -1.80. The van der Waals surface area contributed by atoms with Crippen LogP contribution >= 0.6 is 19.6 Å². The van der Waals surface area contributed by atoms with Crippen molar-refractivity contribution in [2.24, 2.45) is 4.99 Å². The highest BCUT2D eigenvalue weighted by atomic mass is 32.2. The van der Waals surface area contributed by atoms with Crippen molar-refractivity contribution in [1.82, 2.24) is 24.4 Å². The van der Waals surface area contributed by atoms with Crippen molar-refractivity contribution in [3.8, 4) is 0 Å². The van der Waals surface area contributed by atoms with Gasteiger partial charge in [0.15, 0.2) is 11.2 Å². The molecule has 4 atom stereocenters. The monoisotopic (exact) mass is 546 g/mol. The van der Waals surface area contributed by atoms with Crippen molar-refractivity contribution < 1.29 is 28.3 Å². The van der Waals surface area contributed by atoms with Crippen LogP contribution in [0.5, 0.6) is 0 Å². The third-order valence-electron chi connectivity index (χ3n) is 4.61. The van der Waals surface area contributed by atoms with Crippen LogP contribution in [0.3, 0.4) is 0 Å². The molecular weight excluding hydrogens is 511 g/mol. The Morgan fingerprint density at radius 3 is 2.36 bits per heavy atom. The Balaban J connectivity index is 1.84. The molecule has 3 heterocycles. The molecule has 36 heavy (non-hydrogen) atoms. The quantitative estimate of drug-likeness (QED) is 0.253. The molecule has 0 spiro atoms. The van der Waals surface area contributed by atoms with Gasteiger partial charge in [-0.3, -0.25) is 27.9 Å². The van der Waals surface area contributed by atoms with Crippen LogP contribution in [-0.2, 0) is 18.1 Å². The molecule has 0 saturated carbocycles. The van der Waals surface area contributed by atoms with E-state index in [1.165, 1.54) is 29.0 Å². The van der Waals surface area contributed by atoms with Crippen LogP contribution in [0.15, 0.2) is 16.1 Å². The Labute approximate surface area is 213 Å². The molecule has 1 fully saturated rings. The molecule has 1 saturated heterocycles. The molecule has 1 aliphatic heterocycles. The van der Waals surface area contributed by atoms with Gasteiger partial charge in [0.1, 0.15) is 11.5 Å². The lowest BCUT2D eigenvalue weighted by molar-refractivity contribution is -0.0107. The van der Waals surface area contributed by atoms with E-state index in [1.54, 1.807) is 60.5 Å². The lowest BCUT2D eigenvalue weighted by atomic mass is 10.1. The normalized spacial score (nSPS) is 23.7. The number of aliphatic hydroxyl groups excluding tert-OH is 2. The molecule has 13 nitrogen and oxygen atoms in total. The predicted octanol–water partition coefficient (Wildman–Crippen LogP) is 2.43. The predicted molar refractivity (Wildman–Crippen MR) is 138 cm³/mol. The summed E-state index contributed by atoms with van der Waals surface area (Å²) in [4.78, 5) is 29.3. The van der Waals surface area contributed by atoms with E-state index in [0.29, 0.717) is 0 Å². The Kier molecular flexibility index (Phi) is 8.41. The van der Waals surface area contributed by atoms with E-state index in [-0.39, 0.29) is 23.7 Å². The Morgan fingerprint density at radius 1 is 1.19 bits per heavy atom. The van der Waals surface area contributed by atoms with Crippen molar-refractivity contribution >= 4 is 43.0 Å². The maximum Gasteiger partial charge on any atom is 0.475 e. The van der Waals surface area contributed by atoms with Gasteiger partial charge in [-0.15, -0.1) is 11.8 Å². The minimum absolute atomic E-state index is 0.0699. The molecule has 4 unspecified atom stereocenters. The fraction of sp³-hybridized carbons (Fsp3) is 0.714. The molecule has 15 heteroatoms. The van der Waals surface area contributed by atoms with Crippen molar-refractivity contribution in [3.63, 3.8) is 0 Å². The fourth-order valence-corrected chi connectivity index (χ4v) is 6.70. The van der Waals surface area contributed by atoms with E-state index in [4.69, 9.17) is 13.6 Å². The number of thioether (sulfide) groups is 1. The molecule has 0 bridgehead atoms. The molecule has 0 amide bonds. The number of H-pyrrole nitrogens is 1. The topological polar surface area (TPSA) is 164 Å². The highest BCUT2D eigenvalue weighted by Crippen LogP contribution is 2.56. The number of fused-ring (bicyclic) bond motifs is 1. The van der Waals surface area contributed by atoms with Crippen LogP contribution in [-0.4, -0.2) is 90.3 Å². The number of aliphatic imine (C=N–C) groups is 1. The molecule has 0 aromatic carbocycles. The van der Waals surface area contributed by atoms with E-state index in [0.717, 1.165) is 0 Å². The average molecular weight is 547 g/mol. The van der Waals surface area contributed by atoms with E-state index >= 15 is 0 Å². The second kappa shape index (κ2) is 10.5. The summed E-state index contributed by atoms with van der Waals surface area (Å²) < 4.78 is 31.7. The summed E-state index contributed by atoms with van der Waals surface area (Å²) in [7, 11) is -0.461. The minimum Gasteiger partial charge on any atom is -0.389 e. The lowest BCUT2D eigenvalue weighted by Gasteiger charge is -2.31. The number of phosphoric acid groups is 1. The average Bonchev–Trinajstić information content (AvgIpc) is 3.24. The molecule has 3 rings (SSSR count). The largest absolute Gasteiger partial charge is 0.475 e. The molecule has 1 aliphatic rings. The number of nitrogens with zero attached hydrogens (tertiary/aromatic N) is 5. The zero-order chi connectivity index (χ0) is 27.1. The number of phosphoric ester groups is 1. The molecule has 2 aromatic rings. The smallest absolute Gasteiger partial charge is 0.389 e. The Morgan fingerprint density at radius 2 is 1.81 bits per heavy atom. The second-order valence-corrected chi connectivity index (χ2v) is 13.5. The number of nitrogens with one attached hydrogen (secondary N) is 1. The lowest BCUT2D eigenvalue weighted by Crippen LogP contribution is -2.34. The first-order chi connectivity index (χ1) is 16.5. The molecule has 202 valence electrons. The van der Waals surface area contributed by atoms with Crippen LogP contribution in [0, 0.1) is 0 Å². The summed E-state index contributed by atoms with van der Waals surface area (Å²) in [5, 5.41) is 20.1. The van der Waals surface area contributed by atoms with Crippen molar-refractivity contribution in [3.05, 3.63) is 16.7 Å². The first kappa shape index (κ1) is 28.8. The number of hydrogen-bond acceptors (Lipinski definition) is 11. The maximum absolute atomic E-state index is 13.4. The van der Waals surface area contributed by atoms with Gasteiger partial charge in [0.25, 0.3) is 5.56 Å². The summed E-state index contributed by atoms with van der Waals surface area (Å²) in [6.07, 6.45) is 0.378. The highest BCUT2D eigenvalue weighted by molar-refractivity contribution is 8.00. The van der Waals surface area contributed by atoms with Gasteiger partial charge in [-0.25, -0.2) is 14.5 Å². The van der Waals surface area contributed by atoms with Gasteiger partial charge in [0.2, 0.25) is 5.95 Å². The van der Waals surface area contributed by atoms with Gasteiger partial charge in [0.05, 0.1) is 41.8 Å². The summed E-state index contributed by atoms with van der Waals surface area (Å²) in [5.41, 5.74) is -1.84. The first-order valence-corrected chi connectivity index (χ1v) is 13.7. The van der Waals surface area contributed by atoms with Gasteiger partial charge in [0, 0.05) is 14.1 Å². The minimum atomic E-state index is -4.01. The zero-order valence-electron chi connectivity index (χ0n) is 21.7. The van der Waals surface area contributed by atoms with Crippen LogP contribution < -0.4 is 5.56 Å². The third kappa shape index (κ3) is 7.15. The number of hydrogen-bond donors (Lipinski definition) is 3. The molecule has 0 radical (unpaired) electrons. The van der Waals surface area contributed by atoms with Gasteiger partial charge in [-0.1, -0.05) is 0 Å². The van der Waals surface area contributed by atoms with Gasteiger partial charge in [-0.05, 0) is 41.5 Å². The molecule has 0 aliphatic carbocycles. The van der Waals surface area contributed by atoms with E-state index in [2.05, 4.69) is 19.9 Å². The number of rotatable bonds is 8. The fourth-order valence-electron chi connectivity index (χ4n) is 3.34. The van der Waals surface area contributed by atoms with Gasteiger partial charge < -0.3 is 15.1 Å². The number of aromatic nitrogens is 4. The van der Waals surface area contributed by atoms with Crippen LogP contribution in [0.25, 0.3) is 11.2 Å². The molecule has 3 N–H and O–H groups in total. The van der Waals surface area contributed by atoms with Crippen LogP contribution in [0.4, 0.5) is 5.95 Å². The number of aromatic amines is 1. The van der Waals surface area contributed by atoms with E-state index in [1.807, 2.05) is 0 Å². The van der Waals surface area contributed by atoms with Crippen molar-refractivity contribution in [2.75, 3.05) is 20.7 Å². The van der Waals surface area contributed by atoms with Gasteiger partial charge in [-0.2, -0.15) is 4.98 Å². The van der Waals surface area contributed by atoms with Crippen LogP contribution in [0.1, 0.15) is 46.9 Å². The SMILES string of the molecule is CN(C)C=Nc1nc2c(ncn2C2SC(COP(=O)(OC(C)(C)C)OC(C)(C)C)C(O)C2O)c(=O)[nH]1. The highest BCUT2D eigenvalue weighted by Gasteiger charge is 2.46. The summed E-state index contributed by atoms with van der Waals surface area (Å²) in [5.74, 6) is 0.0699. The second-order valence-electron chi connectivity index (χ2n) is 10.6. The van der Waals surface area contributed by atoms with Crippen molar-refractivity contribution in [1.29, 1.82) is 0 Å². The van der Waals surface area contributed by atoms with Crippen molar-refractivity contribution in [2.45, 2.75) is 75.6 Å². The van der Waals surface area contributed by atoms with E-state index in [9.17, 15) is 19.6 Å². The Bertz CT molecular complexity index is 1180. The first-order valence-electron chi connectivity index (χ1n) is 11.3. The standard InChI is InChI=1S/C21H35N6O7PS/c1-20(2,3)33-35(31,34-21(4,5)6)32-9-12-14(28)15(29)18(36-12)27-11-22-13-16(27)24-19(25-17(13)30)23-10-26(7)8/h10-12,14-15,18,28-29H,9H2,1-8H3,(H,24,25,30). The van der Waals surface area contributed by atoms with E-state index < -0.39 is 47.4 Å². The number of imidazole rings is 1. The van der Waals surface area contributed by atoms with Crippen LogP contribution in [0.2, 0.25) is 0 Å². The summed E-state index contributed by atoms with van der Waals surface area (Å²) in [6, 6.07) is 0. The molecule has 2 aromatic heterocycles.